The summed E-state index contributed by atoms with van der Waals surface area (Å²) < 4.78 is 10.6. The van der Waals surface area contributed by atoms with E-state index in [0.29, 0.717) is 15.4 Å². The molecule has 0 aromatic carbocycles. The second kappa shape index (κ2) is 5.91. The number of nitrogens with two attached hydrogens (primary N) is 1. The Balaban J connectivity index is 2.51. The fourth-order valence-corrected chi connectivity index (χ4v) is 1.69. The zero-order chi connectivity index (χ0) is 12.1. The summed E-state index contributed by atoms with van der Waals surface area (Å²) in [5, 5.41) is 0.501. The van der Waals surface area contributed by atoms with Crippen molar-refractivity contribution >= 4 is 33.6 Å². The Morgan fingerprint density at radius 3 is 3.00 bits per heavy atom. The van der Waals surface area contributed by atoms with Crippen LogP contribution in [-0.4, -0.2) is 23.8 Å². The monoisotopic (exact) mass is 308 g/mol. The summed E-state index contributed by atoms with van der Waals surface area (Å²) in [5.41, 5.74) is 4.85. The summed E-state index contributed by atoms with van der Waals surface area (Å²) in [6, 6.07) is 1.66. The van der Waals surface area contributed by atoms with E-state index in [0.717, 1.165) is 0 Å². The second-order valence-corrected chi connectivity index (χ2v) is 4.29. The van der Waals surface area contributed by atoms with E-state index in [2.05, 4.69) is 25.7 Å². The number of nitrogens with zero attached hydrogens (tertiary/aromatic N) is 1. The van der Waals surface area contributed by atoms with Crippen molar-refractivity contribution in [3.8, 4) is 5.88 Å². The molecule has 16 heavy (non-hydrogen) atoms. The van der Waals surface area contributed by atoms with Crippen molar-refractivity contribution in [3.63, 3.8) is 0 Å². The largest absolute Gasteiger partial charge is 0.473 e. The minimum atomic E-state index is -0.834. The highest BCUT2D eigenvalue weighted by molar-refractivity contribution is 9.10. The van der Waals surface area contributed by atoms with Crippen molar-refractivity contribution in [1.82, 2.24) is 4.98 Å². The first-order valence-electron chi connectivity index (χ1n) is 4.39. The maximum absolute atomic E-state index is 10.4. The molecule has 1 aromatic heterocycles. The van der Waals surface area contributed by atoms with Gasteiger partial charge in [-0.2, -0.15) is 0 Å². The first kappa shape index (κ1) is 13.1. The molecule has 0 aliphatic heterocycles. The standard InChI is InChI=1S/C9H10BrClN2O3/c1-5(16-9(12)14)4-15-8-7(10)2-6(11)3-13-8/h2-3,5H,4H2,1H3,(H2,12,14)/t5-/m0/s1. The fraction of sp³-hybridized carbons (Fsp3) is 0.333. The summed E-state index contributed by atoms with van der Waals surface area (Å²) in [6.07, 6.45) is 0.183. The predicted molar refractivity (Wildman–Crippen MR) is 62.6 cm³/mol. The molecular formula is C9H10BrClN2O3. The molecule has 1 heterocycles. The molecule has 2 N–H and O–H groups in total. The van der Waals surface area contributed by atoms with Crippen molar-refractivity contribution in [2.24, 2.45) is 5.73 Å². The lowest BCUT2D eigenvalue weighted by atomic mass is 10.4. The third-order valence-electron chi connectivity index (χ3n) is 1.55. The smallest absolute Gasteiger partial charge is 0.404 e. The molecule has 0 aliphatic rings. The number of carbonyl (C=O) groups is 1. The molecule has 1 aromatic rings. The lowest BCUT2D eigenvalue weighted by molar-refractivity contribution is 0.0806. The molecule has 7 heteroatoms. The summed E-state index contributed by atoms with van der Waals surface area (Å²) in [6.45, 7) is 1.82. The van der Waals surface area contributed by atoms with Crippen LogP contribution in [0.25, 0.3) is 0 Å². The maximum atomic E-state index is 10.4. The summed E-state index contributed by atoms with van der Waals surface area (Å²) in [5.74, 6) is 0.379. The third-order valence-corrected chi connectivity index (χ3v) is 2.32. The van der Waals surface area contributed by atoms with Crippen LogP contribution in [0.4, 0.5) is 4.79 Å². The number of ether oxygens (including phenoxy) is 2. The Morgan fingerprint density at radius 1 is 1.75 bits per heavy atom. The van der Waals surface area contributed by atoms with Crippen LogP contribution in [0.1, 0.15) is 6.92 Å². The topological polar surface area (TPSA) is 74.4 Å². The van der Waals surface area contributed by atoms with Crippen LogP contribution in [-0.2, 0) is 4.74 Å². The zero-order valence-electron chi connectivity index (χ0n) is 8.44. The van der Waals surface area contributed by atoms with Gasteiger partial charge in [0.05, 0.1) is 9.50 Å². The van der Waals surface area contributed by atoms with Gasteiger partial charge in [0.15, 0.2) is 0 Å². The van der Waals surface area contributed by atoms with Gasteiger partial charge in [-0.25, -0.2) is 9.78 Å². The van der Waals surface area contributed by atoms with Gasteiger partial charge in [-0.3, -0.25) is 0 Å². The Morgan fingerprint density at radius 2 is 2.44 bits per heavy atom. The highest BCUT2D eigenvalue weighted by Crippen LogP contribution is 2.25. The molecule has 0 saturated carbocycles. The molecular weight excluding hydrogens is 299 g/mol. The number of amides is 1. The molecule has 1 amide bonds. The van der Waals surface area contributed by atoms with Crippen LogP contribution in [0.15, 0.2) is 16.7 Å². The SMILES string of the molecule is C[C@@H](COc1ncc(Cl)cc1Br)OC(N)=O. The molecule has 88 valence electrons. The number of primary amides is 1. The van der Waals surface area contributed by atoms with Crippen LogP contribution < -0.4 is 10.5 Å². The predicted octanol–water partition coefficient (Wildman–Crippen LogP) is 2.36. The lowest BCUT2D eigenvalue weighted by Gasteiger charge is -2.12. The Kier molecular flexibility index (Phi) is 4.82. The highest BCUT2D eigenvalue weighted by atomic mass is 79.9. The van der Waals surface area contributed by atoms with E-state index in [4.69, 9.17) is 22.1 Å². The number of halogens is 2. The minimum absolute atomic E-state index is 0.163. The van der Waals surface area contributed by atoms with Crippen molar-refractivity contribution in [2.75, 3.05) is 6.61 Å². The third kappa shape index (κ3) is 4.24. The Bertz CT molecular complexity index is 389. The quantitative estimate of drug-likeness (QED) is 0.926. The Hall–Kier alpha value is -1.01. The van der Waals surface area contributed by atoms with Gasteiger partial charge in [-0.15, -0.1) is 0 Å². The van der Waals surface area contributed by atoms with E-state index in [-0.39, 0.29) is 6.61 Å². The molecule has 1 atom stereocenters. The lowest BCUT2D eigenvalue weighted by Crippen LogP contribution is -2.25. The molecule has 0 fully saturated rings. The first-order valence-corrected chi connectivity index (χ1v) is 5.56. The normalized spacial score (nSPS) is 11.9. The van der Waals surface area contributed by atoms with Crippen molar-refractivity contribution in [3.05, 3.63) is 21.8 Å². The molecule has 0 radical (unpaired) electrons. The van der Waals surface area contributed by atoms with Gasteiger partial charge >= 0.3 is 6.09 Å². The summed E-state index contributed by atoms with van der Waals surface area (Å²) in [7, 11) is 0. The van der Waals surface area contributed by atoms with Gasteiger partial charge < -0.3 is 15.2 Å². The van der Waals surface area contributed by atoms with Crippen molar-refractivity contribution in [2.45, 2.75) is 13.0 Å². The summed E-state index contributed by atoms with van der Waals surface area (Å²) >= 11 is 8.96. The molecule has 5 nitrogen and oxygen atoms in total. The number of aromatic nitrogens is 1. The van der Waals surface area contributed by atoms with Crippen LogP contribution in [0.5, 0.6) is 5.88 Å². The number of pyridine rings is 1. The average Bonchev–Trinajstić information content (AvgIpc) is 2.15. The molecule has 1 rings (SSSR count). The molecule has 0 bridgehead atoms. The number of hydrogen-bond donors (Lipinski definition) is 1. The maximum Gasteiger partial charge on any atom is 0.404 e. The van der Waals surface area contributed by atoms with Gasteiger partial charge in [-0.1, -0.05) is 11.6 Å². The minimum Gasteiger partial charge on any atom is -0.473 e. The number of carbonyl (C=O) groups excluding carboxylic acids is 1. The highest BCUT2D eigenvalue weighted by Gasteiger charge is 2.09. The van der Waals surface area contributed by atoms with E-state index in [1.54, 1.807) is 13.0 Å². The number of hydrogen-bond acceptors (Lipinski definition) is 4. The van der Waals surface area contributed by atoms with Crippen molar-refractivity contribution < 1.29 is 14.3 Å². The van der Waals surface area contributed by atoms with Gasteiger partial charge in [0.25, 0.3) is 0 Å². The fourth-order valence-electron chi connectivity index (χ4n) is 0.937. The molecule has 0 unspecified atom stereocenters. The molecule has 0 aliphatic carbocycles. The first-order chi connectivity index (χ1) is 7.49. The van der Waals surface area contributed by atoms with E-state index in [1.165, 1.54) is 6.20 Å². The van der Waals surface area contributed by atoms with E-state index in [1.807, 2.05) is 0 Å². The van der Waals surface area contributed by atoms with Gasteiger partial charge in [0.1, 0.15) is 12.7 Å². The van der Waals surface area contributed by atoms with E-state index < -0.39 is 12.2 Å². The average molecular weight is 310 g/mol. The van der Waals surface area contributed by atoms with Crippen LogP contribution in [0, 0.1) is 0 Å². The van der Waals surface area contributed by atoms with Gasteiger partial charge in [0.2, 0.25) is 5.88 Å². The zero-order valence-corrected chi connectivity index (χ0v) is 10.8. The van der Waals surface area contributed by atoms with E-state index in [9.17, 15) is 4.79 Å². The second-order valence-electron chi connectivity index (χ2n) is 3.00. The van der Waals surface area contributed by atoms with E-state index >= 15 is 0 Å². The molecule has 0 saturated heterocycles. The van der Waals surface area contributed by atoms with Crippen LogP contribution in [0.2, 0.25) is 5.02 Å². The Labute approximate surface area is 106 Å². The van der Waals surface area contributed by atoms with Crippen molar-refractivity contribution in [1.29, 1.82) is 0 Å². The van der Waals surface area contributed by atoms with Crippen LogP contribution >= 0.6 is 27.5 Å². The van der Waals surface area contributed by atoms with Crippen LogP contribution in [0.3, 0.4) is 0 Å². The van der Waals surface area contributed by atoms with Gasteiger partial charge in [-0.05, 0) is 28.9 Å². The molecule has 0 spiro atoms. The number of rotatable bonds is 4. The summed E-state index contributed by atoms with van der Waals surface area (Å²) in [4.78, 5) is 14.4. The van der Waals surface area contributed by atoms with Gasteiger partial charge in [0, 0.05) is 6.20 Å².